The molecule has 0 aliphatic carbocycles. The molecule has 0 spiro atoms. The van der Waals surface area contributed by atoms with Gasteiger partial charge in [-0.25, -0.2) is 9.69 Å². The zero-order valence-corrected chi connectivity index (χ0v) is 7.27. The summed E-state index contributed by atoms with van der Waals surface area (Å²) in [4.78, 5) is 33.9. The average molecular weight is 187 g/mol. The molecule has 72 valence electrons. The van der Waals surface area contributed by atoms with Crippen LogP contribution in [0.15, 0.2) is 0 Å². The van der Waals surface area contributed by atoms with Gasteiger partial charge in [-0.05, 0) is 14.1 Å². The molecule has 0 aromatic carbocycles. The first-order chi connectivity index (χ1) is 6.00. The SMILES string of the molecule is CN(C)C1OC(=O)CC(=O)C(=O)O1. The number of hydrogen-bond acceptors (Lipinski definition) is 6. The molecular weight excluding hydrogens is 178 g/mol. The van der Waals surface area contributed by atoms with Gasteiger partial charge in [-0.3, -0.25) is 9.59 Å². The molecule has 0 aromatic heterocycles. The van der Waals surface area contributed by atoms with E-state index >= 15 is 0 Å². The van der Waals surface area contributed by atoms with Crippen LogP contribution < -0.4 is 0 Å². The highest BCUT2D eigenvalue weighted by Gasteiger charge is 2.31. The highest BCUT2D eigenvalue weighted by molar-refractivity contribution is 6.37. The van der Waals surface area contributed by atoms with Crippen LogP contribution in [0.2, 0.25) is 0 Å². The summed E-state index contributed by atoms with van der Waals surface area (Å²) < 4.78 is 9.19. The highest BCUT2D eigenvalue weighted by atomic mass is 16.7. The molecule has 1 heterocycles. The minimum atomic E-state index is -1.11. The normalized spacial score (nSPS) is 23.9. The van der Waals surface area contributed by atoms with E-state index in [2.05, 4.69) is 9.47 Å². The van der Waals surface area contributed by atoms with E-state index in [4.69, 9.17) is 0 Å². The smallest absolute Gasteiger partial charge is 0.379 e. The van der Waals surface area contributed by atoms with Crippen LogP contribution in [0.1, 0.15) is 6.42 Å². The van der Waals surface area contributed by atoms with E-state index in [1.807, 2.05) is 0 Å². The molecular formula is C7H9NO5. The van der Waals surface area contributed by atoms with E-state index < -0.39 is 30.6 Å². The summed E-state index contributed by atoms with van der Waals surface area (Å²) >= 11 is 0. The Balaban J connectivity index is 2.77. The van der Waals surface area contributed by atoms with Crippen LogP contribution in [0.3, 0.4) is 0 Å². The zero-order chi connectivity index (χ0) is 10.0. The third kappa shape index (κ3) is 2.25. The van der Waals surface area contributed by atoms with Crippen molar-refractivity contribution in [1.82, 2.24) is 4.90 Å². The van der Waals surface area contributed by atoms with Gasteiger partial charge in [0.2, 0.25) is 0 Å². The van der Waals surface area contributed by atoms with Crippen LogP contribution in [-0.4, -0.2) is 43.1 Å². The molecule has 1 rings (SSSR count). The third-order valence-corrected chi connectivity index (χ3v) is 1.39. The quantitative estimate of drug-likeness (QED) is 0.294. The van der Waals surface area contributed by atoms with Gasteiger partial charge in [-0.2, -0.15) is 0 Å². The molecule has 0 amide bonds. The Bertz CT molecular complexity index is 260. The molecule has 1 unspecified atom stereocenters. The Morgan fingerprint density at radius 2 is 1.85 bits per heavy atom. The molecule has 0 aromatic rings. The topological polar surface area (TPSA) is 72.9 Å². The number of hydrogen-bond donors (Lipinski definition) is 0. The van der Waals surface area contributed by atoms with Crippen LogP contribution in [0, 0.1) is 0 Å². The van der Waals surface area contributed by atoms with Crippen molar-refractivity contribution in [2.24, 2.45) is 0 Å². The molecule has 0 saturated carbocycles. The minimum absolute atomic E-state index is 0.552. The van der Waals surface area contributed by atoms with Crippen LogP contribution in [0.25, 0.3) is 0 Å². The summed E-state index contributed by atoms with van der Waals surface area (Å²) in [6.07, 6.45) is -1.66. The van der Waals surface area contributed by atoms with Crippen LogP contribution in [0.4, 0.5) is 0 Å². The molecule has 1 fully saturated rings. The van der Waals surface area contributed by atoms with E-state index in [1.54, 1.807) is 14.1 Å². The maximum absolute atomic E-state index is 10.9. The Labute approximate surface area is 74.4 Å². The first-order valence-electron chi connectivity index (χ1n) is 3.60. The second-order valence-electron chi connectivity index (χ2n) is 2.77. The van der Waals surface area contributed by atoms with Crippen molar-refractivity contribution >= 4 is 17.7 Å². The van der Waals surface area contributed by atoms with Crippen molar-refractivity contribution in [3.63, 3.8) is 0 Å². The fourth-order valence-corrected chi connectivity index (χ4v) is 0.750. The summed E-state index contributed by atoms with van der Waals surface area (Å²) in [5.41, 5.74) is 0. The Morgan fingerprint density at radius 3 is 2.38 bits per heavy atom. The van der Waals surface area contributed by atoms with Gasteiger partial charge in [0.25, 0.3) is 5.78 Å². The van der Waals surface area contributed by atoms with Crippen LogP contribution in [0.5, 0.6) is 0 Å². The summed E-state index contributed by atoms with van der Waals surface area (Å²) in [5.74, 6) is -2.67. The fourth-order valence-electron chi connectivity index (χ4n) is 0.750. The summed E-state index contributed by atoms with van der Waals surface area (Å²) in [6.45, 7) is 0. The Hall–Kier alpha value is -1.43. The van der Waals surface area contributed by atoms with Crippen molar-refractivity contribution in [3.8, 4) is 0 Å². The number of ketones is 1. The number of cyclic esters (lactones) is 2. The molecule has 0 N–H and O–H groups in total. The summed E-state index contributed by atoms with van der Waals surface area (Å²) in [7, 11) is 3.11. The number of ether oxygens (including phenoxy) is 2. The van der Waals surface area contributed by atoms with Gasteiger partial charge in [-0.15, -0.1) is 0 Å². The van der Waals surface area contributed by atoms with E-state index in [1.165, 1.54) is 4.90 Å². The minimum Gasteiger partial charge on any atom is -0.410 e. The summed E-state index contributed by atoms with van der Waals surface area (Å²) in [6, 6.07) is 0. The molecule has 1 atom stereocenters. The largest absolute Gasteiger partial charge is 0.410 e. The molecule has 1 saturated heterocycles. The lowest BCUT2D eigenvalue weighted by molar-refractivity contribution is -0.208. The van der Waals surface area contributed by atoms with Crippen molar-refractivity contribution < 1.29 is 23.9 Å². The predicted octanol–water partition coefficient (Wildman–Crippen LogP) is -1.11. The Kier molecular flexibility index (Phi) is 2.62. The second kappa shape index (κ2) is 3.53. The third-order valence-electron chi connectivity index (χ3n) is 1.39. The van der Waals surface area contributed by atoms with Gasteiger partial charge in [0, 0.05) is 0 Å². The molecule has 6 heteroatoms. The van der Waals surface area contributed by atoms with Crippen molar-refractivity contribution in [1.29, 1.82) is 0 Å². The molecule has 1 aliphatic rings. The van der Waals surface area contributed by atoms with Crippen molar-refractivity contribution in [2.45, 2.75) is 12.8 Å². The fraction of sp³-hybridized carbons (Fsp3) is 0.571. The highest BCUT2D eigenvalue weighted by Crippen LogP contribution is 2.07. The average Bonchev–Trinajstić information content (AvgIpc) is 2.12. The van der Waals surface area contributed by atoms with Gasteiger partial charge < -0.3 is 9.47 Å². The molecule has 0 radical (unpaired) electrons. The monoisotopic (exact) mass is 187 g/mol. The lowest BCUT2D eigenvalue weighted by Crippen LogP contribution is -2.35. The first kappa shape index (κ1) is 9.66. The second-order valence-corrected chi connectivity index (χ2v) is 2.77. The maximum atomic E-state index is 10.9. The van der Waals surface area contributed by atoms with Crippen molar-refractivity contribution in [3.05, 3.63) is 0 Å². The number of nitrogens with zero attached hydrogens (tertiary/aromatic N) is 1. The molecule has 13 heavy (non-hydrogen) atoms. The van der Waals surface area contributed by atoms with Gasteiger partial charge in [0.1, 0.15) is 6.42 Å². The van der Waals surface area contributed by atoms with E-state index in [9.17, 15) is 14.4 Å². The first-order valence-corrected chi connectivity index (χ1v) is 3.60. The number of Topliss-reactive ketones (excluding diaryl/α,β-unsaturated/α-hetero) is 1. The number of esters is 2. The lowest BCUT2D eigenvalue weighted by Gasteiger charge is -2.20. The van der Waals surface area contributed by atoms with E-state index in [0.29, 0.717) is 0 Å². The van der Waals surface area contributed by atoms with Gasteiger partial charge in [-0.1, -0.05) is 0 Å². The standard InChI is InChI=1S/C7H9NO5/c1-8(2)7-12-5(10)3-4(9)6(11)13-7/h7H,3H2,1-2H3. The molecule has 1 aliphatic heterocycles. The Morgan fingerprint density at radius 1 is 1.23 bits per heavy atom. The lowest BCUT2D eigenvalue weighted by atomic mass is 10.3. The maximum Gasteiger partial charge on any atom is 0.379 e. The number of carbonyl (C=O) groups excluding carboxylic acids is 3. The van der Waals surface area contributed by atoms with E-state index in [0.717, 1.165) is 0 Å². The van der Waals surface area contributed by atoms with E-state index in [-0.39, 0.29) is 0 Å². The zero-order valence-electron chi connectivity index (χ0n) is 7.27. The van der Waals surface area contributed by atoms with Crippen molar-refractivity contribution in [2.75, 3.05) is 14.1 Å². The number of carbonyl (C=O) groups is 3. The van der Waals surface area contributed by atoms with Gasteiger partial charge in [0.05, 0.1) is 0 Å². The van der Waals surface area contributed by atoms with Gasteiger partial charge >= 0.3 is 18.4 Å². The predicted molar refractivity (Wildman–Crippen MR) is 39.3 cm³/mol. The summed E-state index contributed by atoms with van der Waals surface area (Å²) in [5, 5.41) is 0. The van der Waals surface area contributed by atoms with Crippen LogP contribution in [-0.2, 0) is 23.9 Å². The number of rotatable bonds is 1. The van der Waals surface area contributed by atoms with Crippen LogP contribution >= 0.6 is 0 Å². The molecule has 0 bridgehead atoms. The van der Waals surface area contributed by atoms with Gasteiger partial charge in [0.15, 0.2) is 0 Å². The molecule has 6 nitrogen and oxygen atoms in total.